The Morgan fingerprint density at radius 1 is 1.32 bits per heavy atom. The smallest absolute Gasteiger partial charge is 0.317 e. The number of ether oxygens (including phenoxy) is 3. The van der Waals surface area contributed by atoms with Crippen molar-refractivity contribution in [2.24, 2.45) is 0 Å². The van der Waals surface area contributed by atoms with Crippen LogP contribution in [0.4, 0.5) is 4.79 Å². The molecule has 2 amide bonds. The fourth-order valence-corrected chi connectivity index (χ4v) is 2.18. The van der Waals surface area contributed by atoms with Crippen LogP contribution < -0.4 is 14.8 Å². The zero-order valence-corrected chi connectivity index (χ0v) is 13.3. The van der Waals surface area contributed by atoms with Gasteiger partial charge in [0.2, 0.25) is 0 Å². The Kier molecular flexibility index (Phi) is 6.33. The second-order valence-electron chi connectivity index (χ2n) is 5.12. The van der Waals surface area contributed by atoms with Gasteiger partial charge in [-0.15, -0.1) is 0 Å². The van der Waals surface area contributed by atoms with Crippen LogP contribution in [0.25, 0.3) is 0 Å². The topological polar surface area (TPSA) is 60.0 Å². The fourth-order valence-electron chi connectivity index (χ4n) is 2.18. The van der Waals surface area contributed by atoms with Crippen LogP contribution >= 0.6 is 0 Å². The number of fused-ring (bicyclic) bond motifs is 1. The normalized spacial score (nSPS) is 12.8. The molecule has 6 nitrogen and oxygen atoms in total. The van der Waals surface area contributed by atoms with Crippen molar-refractivity contribution >= 4 is 6.03 Å². The van der Waals surface area contributed by atoms with Gasteiger partial charge in [0.05, 0.1) is 0 Å². The third kappa shape index (κ3) is 4.80. The number of urea groups is 1. The average molecular weight is 308 g/mol. The van der Waals surface area contributed by atoms with Gasteiger partial charge in [0.15, 0.2) is 11.5 Å². The Labute approximate surface area is 131 Å². The van der Waals surface area contributed by atoms with E-state index in [9.17, 15) is 4.79 Å². The molecular weight excluding hydrogens is 284 g/mol. The van der Waals surface area contributed by atoms with Crippen LogP contribution in [0.2, 0.25) is 0 Å². The summed E-state index contributed by atoms with van der Waals surface area (Å²) in [5, 5.41) is 2.87. The molecule has 0 atom stereocenters. The molecule has 0 bridgehead atoms. The van der Waals surface area contributed by atoms with Crippen molar-refractivity contribution in [2.45, 2.75) is 19.9 Å². The average Bonchev–Trinajstić information content (AvgIpc) is 2.54. The first-order valence-corrected chi connectivity index (χ1v) is 7.66. The maximum Gasteiger partial charge on any atom is 0.317 e. The van der Waals surface area contributed by atoms with Crippen LogP contribution in [-0.4, -0.2) is 51.0 Å². The molecule has 0 unspecified atom stereocenters. The van der Waals surface area contributed by atoms with Crippen molar-refractivity contribution < 1.29 is 19.0 Å². The fraction of sp³-hybridized carbons (Fsp3) is 0.562. The van der Waals surface area contributed by atoms with Crippen molar-refractivity contribution in [3.63, 3.8) is 0 Å². The van der Waals surface area contributed by atoms with Gasteiger partial charge in [-0.2, -0.15) is 0 Å². The molecule has 1 heterocycles. The van der Waals surface area contributed by atoms with E-state index in [4.69, 9.17) is 14.2 Å². The summed E-state index contributed by atoms with van der Waals surface area (Å²) in [5.41, 5.74) is 1.01. The van der Waals surface area contributed by atoms with Gasteiger partial charge in [-0.3, -0.25) is 0 Å². The largest absolute Gasteiger partial charge is 0.486 e. The number of rotatable bonds is 7. The van der Waals surface area contributed by atoms with Crippen molar-refractivity contribution in [3.05, 3.63) is 23.8 Å². The highest BCUT2D eigenvalue weighted by Gasteiger charge is 2.14. The van der Waals surface area contributed by atoms with E-state index < -0.39 is 0 Å². The van der Waals surface area contributed by atoms with Crippen LogP contribution in [0.15, 0.2) is 18.2 Å². The molecule has 0 spiro atoms. The highest BCUT2D eigenvalue weighted by atomic mass is 16.6. The minimum absolute atomic E-state index is 0.0913. The number of hydrogen-bond donors (Lipinski definition) is 1. The monoisotopic (exact) mass is 308 g/mol. The highest BCUT2D eigenvalue weighted by molar-refractivity contribution is 5.73. The lowest BCUT2D eigenvalue weighted by Crippen LogP contribution is -2.37. The molecule has 0 radical (unpaired) electrons. The molecule has 0 fully saturated rings. The lowest BCUT2D eigenvalue weighted by molar-refractivity contribution is 0.144. The first kappa shape index (κ1) is 16.4. The molecule has 1 aliphatic rings. The van der Waals surface area contributed by atoms with E-state index in [0.29, 0.717) is 39.5 Å². The number of carbonyl (C=O) groups is 1. The summed E-state index contributed by atoms with van der Waals surface area (Å²) in [6, 6.07) is 5.67. The van der Waals surface area contributed by atoms with Crippen molar-refractivity contribution in [3.8, 4) is 11.5 Å². The molecule has 6 heteroatoms. The summed E-state index contributed by atoms with van der Waals surface area (Å²) in [6.07, 6.45) is 0.817. The zero-order chi connectivity index (χ0) is 15.8. The van der Waals surface area contributed by atoms with E-state index >= 15 is 0 Å². The summed E-state index contributed by atoms with van der Waals surface area (Å²) in [5.74, 6) is 1.51. The molecule has 1 aromatic carbocycles. The highest BCUT2D eigenvalue weighted by Crippen LogP contribution is 2.30. The van der Waals surface area contributed by atoms with Crippen LogP contribution in [0.3, 0.4) is 0 Å². The summed E-state index contributed by atoms with van der Waals surface area (Å²) < 4.78 is 16.3. The minimum Gasteiger partial charge on any atom is -0.486 e. The number of carbonyl (C=O) groups excluding carboxylic acids is 1. The molecule has 0 saturated heterocycles. The Morgan fingerprint density at radius 2 is 2.09 bits per heavy atom. The number of nitrogens with one attached hydrogen (secondary N) is 1. The third-order valence-corrected chi connectivity index (χ3v) is 3.32. The zero-order valence-electron chi connectivity index (χ0n) is 13.3. The molecular formula is C16H24N2O4. The van der Waals surface area contributed by atoms with Gasteiger partial charge >= 0.3 is 6.03 Å². The number of nitrogens with zero attached hydrogens (tertiary/aromatic N) is 1. The predicted molar refractivity (Wildman–Crippen MR) is 83.4 cm³/mol. The van der Waals surface area contributed by atoms with Gasteiger partial charge in [0.25, 0.3) is 0 Å². The first-order valence-electron chi connectivity index (χ1n) is 7.66. The summed E-state index contributed by atoms with van der Waals surface area (Å²) in [4.78, 5) is 13.6. The number of hydrogen-bond acceptors (Lipinski definition) is 4. The maximum atomic E-state index is 12.0. The van der Waals surface area contributed by atoms with E-state index in [1.54, 1.807) is 11.9 Å². The first-order chi connectivity index (χ1) is 10.7. The van der Waals surface area contributed by atoms with Gasteiger partial charge in [0.1, 0.15) is 13.2 Å². The standard InChI is InChI=1S/C16H24N2O4/c1-3-20-8-4-7-17-16(19)18(2)12-13-5-6-14-15(11-13)22-10-9-21-14/h5-6,11H,3-4,7-10,12H2,1-2H3,(H,17,19). The van der Waals surface area contributed by atoms with Crippen LogP contribution in [0.1, 0.15) is 18.9 Å². The molecule has 1 aliphatic heterocycles. The Bertz CT molecular complexity index is 493. The van der Waals surface area contributed by atoms with Crippen LogP contribution in [0.5, 0.6) is 11.5 Å². The Balaban J connectivity index is 1.78. The quantitative estimate of drug-likeness (QED) is 0.783. The molecule has 1 N–H and O–H groups in total. The molecule has 22 heavy (non-hydrogen) atoms. The van der Waals surface area contributed by atoms with Gasteiger partial charge in [-0.25, -0.2) is 4.79 Å². The molecule has 1 aromatic rings. The lowest BCUT2D eigenvalue weighted by atomic mass is 10.2. The molecule has 0 aliphatic carbocycles. The molecule has 2 rings (SSSR count). The van der Waals surface area contributed by atoms with Crippen LogP contribution in [-0.2, 0) is 11.3 Å². The second-order valence-corrected chi connectivity index (χ2v) is 5.12. The summed E-state index contributed by atoms with van der Waals surface area (Å²) in [6.45, 7) is 5.61. The molecule has 122 valence electrons. The van der Waals surface area contributed by atoms with Gasteiger partial charge in [0, 0.05) is 33.4 Å². The van der Waals surface area contributed by atoms with E-state index in [-0.39, 0.29) is 6.03 Å². The third-order valence-electron chi connectivity index (χ3n) is 3.32. The van der Waals surface area contributed by atoms with Gasteiger partial charge < -0.3 is 24.4 Å². The summed E-state index contributed by atoms with van der Waals surface area (Å²) in [7, 11) is 1.77. The van der Waals surface area contributed by atoms with Crippen molar-refractivity contribution in [1.29, 1.82) is 0 Å². The van der Waals surface area contributed by atoms with Crippen molar-refractivity contribution in [2.75, 3.05) is 40.0 Å². The van der Waals surface area contributed by atoms with Gasteiger partial charge in [-0.1, -0.05) is 6.07 Å². The minimum atomic E-state index is -0.0913. The SMILES string of the molecule is CCOCCCNC(=O)N(C)Cc1ccc2c(c1)OCCO2. The van der Waals surface area contributed by atoms with E-state index in [2.05, 4.69) is 5.32 Å². The van der Waals surface area contributed by atoms with Crippen LogP contribution in [0, 0.1) is 0 Å². The van der Waals surface area contributed by atoms with E-state index in [1.165, 1.54) is 0 Å². The molecule has 0 aromatic heterocycles. The molecule has 0 saturated carbocycles. The Hall–Kier alpha value is -1.95. The lowest BCUT2D eigenvalue weighted by Gasteiger charge is -2.21. The maximum absolute atomic E-state index is 12.0. The number of benzene rings is 1. The van der Waals surface area contributed by atoms with Crippen molar-refractivity contribution in [1.82, 2.24) is 10.2 Å². The predicted octanol–water partition coefficient (Wildman–Crippen LogP) is 2.03. The summed E-state index contributed by atoms with van der Waals surface area (Å²) >= 11 is 0. The Morgan fingerprint density at radius 3 is 2.86 bits per heavy atom. The van der Waals surface area contributed by atoms with E-state index in [1.807, 2.05) is 25.1 Å². The second kappa shape index (κ2) is 8.48. The van der Waals surface area contributed by atoms with Gasteiger partial charge in [-0.05, 0) is 31.0 Å². The number of amides is 2. The van der Waals surface area contributed by atoms with E-state index in [0.717, 1.165) is 23.5 Å².